The summed E-state index contributed by atoms with van der Waals surface area (Å²) in [5, 5.41) is 7.12. The Balaban J connectivity index is 1.34. The number of hydrogen-bond donors (Lipinski definition) is 1. The van der Waals surface area contributed by atoms with E-state index in [0.29, 0.717) is 24.5 Å². The molecule has 2 amide bonds. The Bertz CT molecular complexity index is 1030. The van der Waals surface area contributed by atoms with E-state index in [0.717, 1.165) is 31.0 Å². The lowest BCUT2D eigenvalue weighted by Crippen LogP contribution is -2.49. The molecule has 1 aliphatic rings. The van der Waals surface area contributed by atoms with E-state index in [1.807, 2.05) is 32.0 Å². The fraction of sp³-hybridized carbons (Fsp3) is 0.318. The van der Waals surface area contributed by atoms with Crippen LogP contribution in [-0.4, -0.2) is 56.8 Å². The first-order chi connectivity index (χ1) is 14.5. The van der Waals surface area contributed by atoms with Crippen molar-refractivity contribution in [3.63, 3.8) is 0 Å². The molecule has 0 unspecified atom stereocenters. The van der Waals surface area contributed by atoms with E-state index in [1.54, 1.807) is 34.1 Å². The monoisotopic (exact) mass is 408 g/mol. The number of rotatable bonds is 4. The number of pyridine rings is 1. The highest BCUT2D eigenvalue weighted by Gasteiger charge is 2.21. The van der Waals surface area contributed by atoms with Crippen molar-refractivity contribution in [2.75, 3.05) is 31.5 Å². The van der Waals surface area contributed by atoms with Crippen molar-refractivity contribution in [1.29, 1.82) is 0 Å². The highest BCUT2D eigenvalue weighted by atomic mass is 19.1. The molecule has 0 aliphatic carbocycles. The second-order valence-electron chi connectivity index (χ2n) is 7.55. The number of piperazine rings is 1. The van der Waals surface area contributed by atoms with Crippen LogP contribution in [0.25, 0.3) is 5.69 Å². The summed E-state index contributed by atoms with van der Waals surface area (Å²) in [6.07, 6.45) is 3.58. The van der Waals surface area contributed by atoms with Crippen molar-refractivity contribution < 1.29 is 9.18 Å². The fourth-order valence-electron chi connectivity index (χ4n) is 3.69. The van der Waals surface area contributed by atoms with Gasteiger partial charge in [0.05, 0.1) is 5.69 Å². The molecule has 1 fully saturated rings. The van der Waals surface area contributed by atoms with Gasteiger partial charge in [0.15, 0.2) is 5.82 Å². The smallest absolute Gasteiger partial charge is 0.321 e. The first-order valence-corrected chi connectivity index (χ1v) is 10.00. The van der Waals surface area contributed by atoms with Crippen molar-refractivity contribution in [1.82, 2.24) is 24.6 Å². The molecule has 1 saturated heterocycles. The summed E-state index contributed by atoms with van der Waals surface area (Å²) in [5.41, 5.74) is 3.69. The van der Waals surface area contributed by atoms with Gasteiger partial charge < -0.3 is 10.2 Å². The predicted octanol–water partition coefficient (Wildman–Crippen LogP) is 3.37. The molecule has 0 saturated carbocycles. The molecule has 3 heterocycles. The van der Waals surface area contributed by atoms with E-state index in [1.165, 1.54) is 11.6 Å². The molecule has 7 nitrogen and oxygen atoms in total. The van der Waals surface area contributed by atoms with Gasteiger partial charge in [0.2, 0.25) is 0 Å². The lowest BCUT2D eigenvalue weighted by molar-refractivity contribution is 0.143. The van der Waals surface area contributed by atoms with Crippen LogP contribution >= 0.6 is 0 Å². The zero-order valence-electron chi connectivity index (χ0n) is 17.2. The summed E-state index contributed by atoms with van der Waals surface area (Å²) in [6.45, 7) is 7.43. The van der Waals surface area contributed by atoms with Crippen LogP contribution < -0.4 is 5.32 Å². The van der Waals surface area contributed by atoms with Crippen molar-refractivity contribution >= 4 is 11.7 Å². The Kier molecular flexibility index (Phi) is 5.76. The van der Waals surface area contributed by atoms with E-state index in [4.69, 9.17) is 0 Å². The fourth-order valence-corrected chi connectivity index (χ4v) is 3.69. The van der Waals surface area contributed by atoms with Crippen molar-refractivity contribution in [3.8, 4) is 5.69 Å². The van der Waals surface area contributed by atoms with Crippen LogP contribution in [0.5, 0.6) is 0 Å². The first-order valence-electron chi connectivity index (χ1n) is 10.00. The summed E-state index contributed by atoms with van der Waals surface area (Å²) >= 11 is 0. The Labute approximate surface area is 175 Å². The van der Waals surface area contributed by atoms with E-state index < -0.39 is 5.82 Å². The quantitative estimate of drug-likeness (QED) is 0.719. The number of aromatic nitrogens is 3. The number of carbonyl (C=O) groups is 1. The molecular weight excluding hydrogens is 383 g/mol. The standard InChI is InChI=1S/C22H25FN6O/c1-16-13-17(2)29(26-16)21-4-3-19(14-20(21)23)25-22(30)28-11-9-27(10-12-28)15-18-5-7-24-8-6-18/h3-8,13-14H,9-12,15H2,1-2H3,(H,25,30). The highest BCUT2D eigenvalue weighted by molar-refractivity contribution is 5.89. The second kappa shape index (κ2) is 8.62. The van der Waals surface area contributed by atoms with Gasteiger partial charge in [0.1, 0.15) is 5.69 Å². The third-order valence-electron chi connectivity index (χ3n) is 5.25. The molecule has 30 heavy (non-hydrogen) atoms. The van der Waals surface area contributed by atoms with Gasteiger partial charge in [-0.15, -0.1) is 0 Å². The van der Waals surface area contributed by atoms with Gasteiger partial charge in [-0.1, -0.05) is 0 Å². The normalized spacial score (nSPS) is 14.7. The highest BCUT2D eigenvalue weighted by Crippen LogP contribution is 2.20. The van der Waals surface area contributed by atoms with Crippen LogP contribution in [0.15, 0.2) is 48.8 Å². The molecule has 1 aromatic carbocycles. The van der Waals surface area contributed by atoms with Crippen LogP contribution in [-0.2, 0) is 6.54 Å². The average molecular weight is 408 g/mol. The number of hydrogen-bond acceptors (Lipinski definition) is 4. The minimum absolute atomic E-state index is 0.211. The molecule has 8 heteroatoms. The third-order valence-corrected chi connectivity index (χ3v) is 5.25. The molecule has 0 radical (unpaired) electrons. The topological polar surface area (TPSA) is 66.3 Å². The molecule has 3 aromatic rings. The van der Waals surface area contributed by atoms with Gasteiger partial charge in [0.25, 0.3) is 0 Å². The van der Waals surface area contributed by atoms with E-state index in [9.17, 15) is 9.18 Å². The van der Waals surface area contributed by atoms with Crippen molar-refractivity contribution in [3.05, 3.63) is 71.6 Å². The van der Waals surface area contributed by atoms with Crippen LogP contribution in [0.4, 0.5) is 14.9 Å². The Morgan fingerprint density at radius 3 is 2.43 bits per heavy atom. The van der Waals surface area contributed by atoms with Gasteiger partial charge in [-0.05, 0) is 55.8 Å². The summed E-state index contributed by atoms with van der Waals surface area (Å²) in [5.74, 6) is -0.429. The summed E-state index contributed by atoms with van der Waals surface area (Å²) < 4.78 is 16.2. The summed E-state index contributed by atoms with van der Waals surface area (Å²) in [7, 11) is 0. The maximum atomic E-state index is 14.6. The number of carbonyl (C=O) groups excluding carboxylic acids is 1. The Hall–Kier alpha value is -3.26. The maximum absolute atomic E-state index is 14.6. The Morgan fingerprint density at radius 2 is 1.80 bits per heavy atom. The zero-order chi connectivity index (χ0) is 21.1. The van der Waals surface area contributed by atoms with E-state index >= 15 is 0 Å². The van der Waals surface area contributed by atoms with Crippen molar-refractivity contribution in [2.24, 2.45) is 0 Å². The molecule has 156 valence electrons. The van der Waals surface area contributed by atoms with E-state index in [2.05, 4.69) is 20.3 Å². The number of anilines is 1. The molecule has 1 N–H and O–H groups in total. The first kappa shape index (κ1) is 20.0. The SMILES string of the molecule is Cc1cc(C)n(-c2ccc(NC(=O)N3CCN(Cc4ccncc4)CC3)cc2F)n1. The van der Waals surface area contributed by atoms with Gasteiger partial charge in [-0.2, -0.15) is 5.10 Å². The second-order valence-corrected chi connectivity index (χ2v) is 7.55. The molecule has 1 aliphatic heterocycles. The molecule has 0 bridgehead atoms. The van der Waals surface area contributed by atoms with Gasteiger partial charge in [-0.25, -0.2) is 13.9 Å². The number of aryl methyl sites for hydroxylation is 2. The van der Waals surface area contributed by atoms with Crippen molar-refractivity contribution in [2.45, 2.75) is 20.4 Å². The number of benzene rings is 1. The number of halogens is 1. The van der Waals surface area contributed by atoms with Gasteiger partial charge in [-0.3, -0.25) is 9.88 Å². The molecule has 0 atom stereocenters. The van der Waals surface area contributed by atoms with Crippen LogP contribution in [0.1, 0.15) is 17.0 Å². The molecule has 0 spiro atoms. The Morgan fingerprint density at radius 1 is 1.07 bits per heavy atom. The zero-order valence-corrected chi connectivity index (χ0v) is 17.2. The predicted molar refractivity (Wildman–Crippen MR) is 113 cm³/mol. The summed E-state index contributed by atoms with van der Waals surface area (Å²) in [4.78, 5) is 20.7. The number of urea groups is 1. The van der Waals surface area contributed by atoms with Gasteiger partial charge in [0, 0.05) is 56.5 Å². The molecule has 2 aromatic heterocycles. The van der Waals surface area contributed by atoms with Gasteiger partial charge >= 0.3 is 6.03 Å². The largest absolute Gasteiger partial charge is 0.322 e. The number of nitrogens with one attached hydrogen (secondary N) is 1. The average Bonchev–Trinajstić information content (AvgIpc) is 3.07. The lowest BCUT2D eigenvalue weighted by atomic mass is 10.2. The molecular formula is C22H25FN6O. The maximum Gasteiger partial charge on any atom is 0.321 e. The lowest BCUT2D eigenvalue weighted by Gasteiger charge is -2.34. The minimum Gasteiger partial charge on any atom is -0.322 e. The van der Waals surface area contributed by atoms with Crippen LogP contribution in [0, 0.1) is 19.7 Å². The minimum atomic E-state index is -0.429. The number of amides is 2. The summed E-state index contributed by atoms with van der Waals surface area (Å²) in [6, 6.07) is 10.4. The van der Waals surface area contributed by atoms with Crippen LogP contribution in [0.3, 0.4) is 0 Å². The van der Waals surface area contributed by atoms with E-state index in [-0.39, 0.29) is 6.03 Å². The molecule has 4 rings (SSSR count). The van der Waals surface area contributed by atoms with Crippen LogP contribution in [0.2, 0.25) is 0 Å². The number of nitrogens with zero attached hydrogens (tertiary/aromatic N) is 5. The third kappa shape index (κ3) is 4.49.